The summed E-state index contributed by atoms with van der Waals surface area (Å²) < 4.78 is 7.25. The molecule has 0 radical (unpaired) electrons. The standard InChI is InChI=1S/C23H25N3O5/c1-24-14-17(16-8-7-15(22(27)28)13-19(16)24)21(23(29)30)26-11-9-25(10-12-26)18-5-3-4-6-20(18)31-2/h3-8,13-14,21H,9-12H2,1-2H3,(H,27,28)(H,29,30)/t21-/m0/s1. The van der Waals surface area contributed by atoms with Crippen LogP contribution < -0.4 is 9.64 Å². The Kier molecular flexibility index (Phi) is 5.56. The first-order valence-corrected chi connectivity index (χ1v) is 10.1. The number of hydrogen-bond acceptors (Lipinski definition) is 5. The number of para-hydroxylation sites is 2. The van der Waals surface area contributed by atoms with Gasteiger partial charge in [0.15, 0.2) is 0 Å². The summed E-state index contributed by atoms with van der Waals surface area (Å²) in [5.74, 6) is -1.12. The lowest BCUT2D eigenvalue weighted by molar-refractivity contribution is -0.143. The summed E-state index contributed by atoms with van der Waals surface area (Å²) in [6.45, 7) is 2.52. The van der Waals surface area contributed by atoms with Crippen LogP contribution in [0.3, 0.4) is 0 Å². The minimum Gasteiger partial charge on any atom is -0.495 e. The molecule has 4 rings (SSSR count). The normalized spacial score (nSPS) is 15.7. The van der Waals surface area contributed by atoms with E-state index < -0.39 is 18.0 Å². The third-order valence-electron chi connectivity index (χ3n) is 5.90. The minimum absolute atomic E-state index is 0.178. The Morgan fingerprint density at radius 2 is 1.74 bits per heavy atom. The first-order valence-electron chi connectivity index (χ1n) is 10.1. The zero-order valence-corrected chi connectivity index (χ0v) is 17.5. The second kappa shape index (κ2) is 8.31. The van der Waals surface area contributed by atoms with Crippen molar-refractivity contribution < 1.29 is 24.5 Å². The molecule has 1 aliphatic heterocycles. The number of anilines is 1. The Bertz CT molecular complexity index is 1130. The fraction of sp³-hybridized carbons (Fsp3) is 0.304. The average molecular weight is 423 g/mol. The van der Waals surface area contributed by atoms with Crippen LogP contribution in [0.15, 0.2) is 48.7 Å². The van der Waals surface area contributed by atoms with Crippen molar-refractivity contribution in [2.24, 2.45) is 7.05 Å². The molecule has 3 aromatic rings. The van der Waals surface area contributed by atoms with Gasteiger partial charge in [0.1, 0.15) is 11.8 Å². The molecule has 8 heteroatoms. The van der Waals surface area contributed by atoms with Crippen LogP contribution in [0.2, 0.25) is 0 Å². The van der Waals surface area contributed by atoms with Gasteiger partial charge in [-0.3, -0.25) is 9.69 Å². The van der Waals surface area contributed by atoms with Crippen LogP contribution in [0.25, 0.3) is 10.9 Å². The molecule has 1 aliphatic rings. The number of nitrogens with zero attached hydrogens (tertiary/aromatic N) is 3. The van der Waals surface area contributed by atoms with Crippen molar-refractivity contribution in [3.63, 3.8) is 0 Å². The molecule has 2 heterocycles. The summed E-state index contributed by atoms with van der Waals surface area (Å²) in [7, 11) is 3.45. The number of carbonyl (C=O) groups is 2. The Morgan fingerprint density at radius 3 is 2.39 bits per heavy atom. The van der Waals surface area contributed by atoms with Gasteiger partial charge in [0.05, 0.1) is 18.4 Å². The number of carboxylic acid groups (broad SMARTS) is 2. The van der Waals surface area contributed by atoms with Crippen LogP contribution in [0, 0.1) is 0 Å². The molecule has 2 N–H and O–H groups in total. The number of methoxy groups -OCH3 is 1. The molecule has 2 aromatic carbocycles. The summed E-state index contributed by atoms with van der Waals surface area (Å²) in [6, 6.07) is 11.8. The molecule has 1 atom stereocenters. The molecule has 8 nitrogen and oxygen atoms in total. The second-order valence-electron chi connectivity index (χ2n) is 7.67. The van der Waals surface area contributed by atoms with Gasteiger partial charge in [-0.2, -0.15) is 0 Å². The summed E-state index contributed by atoms with van der Waals surface area (Å²) >= 11 is 0. The fourth-order valence-electron chi connectivity index (χ4n) is 4.36. The van der Waals surface area contributed by atoms with Crippen LogP contribution in [0.5, 0.6) is 5.75 Å². The lowest BCUT2D eigenvalue weighted by atomic mass is 10.0. The summed E-state index contributed by atoms with van der Waals surface area (Å²) in [4.78, 5) is 27.8. The van der Waals surface area contributed by atoms with E-state index in [4.69, 9.17) is 4.74 Å². The van der Waals surface area contributed by atoms with Crippen molar-refractivity contribution in [1.29, 1.82) is 0 Å². The van der Waals surface area contributed by atoms with Crippen LogP contribution in [0.4, 0.5) is 5.69 Å². The first-order chi connectivity index (χ1) is 14.9. The zero-order chi connectivity index (χ0) is 22.1. The van der Waals surface area contributed by atoms with Gasteiger partial charge in [-0.1, -0.05) is 18.2 Å². The highest BCUT2D eigenvalue weighted by atomic mass is 16.5. The highest BCUT2D eigenvalue weighted by Crippen LogP contribution is 2.33. The van der Waals surface area contributed by atoms with Crippen LogP contribution in [-0.2, 0) is 11.8 Å². The zero-order valence-electron chi connectivity index (χ0n) is 17.5. The topological polar surface area (TPSA) is 95.2 Å². The molecule has 1 aromatic heterocycles. The molecule has 0 aliphatic carbocycles. The Hall–Kier alpha value is -3.52. The number of rotatable bonds is 6. The van der Waals surface area contributed by atoms with E-state index in [0.29, 0.717) is 37.3 Å². The van der Waals surface area contributed by atoms with Gasteiger partial charge in [-0.15, -0.1) is 0 Å². The molecule has 0 saturated carbocycles. The van der Waals surface area contributed by atoms with Crippen LogP contribution in [0.1, 0.15) is 22.0 Å². The van der Waals surface area contributed by atoms with E-state index in [1.807, 2.05) is 29.2 Å². The SMILES string of the molecule is COc1ccccc1N1CCN([C@H](C(=O)O)c2cn(C)c3cc(C(=O)O)ccc23)CC1. The largest absolute Gasteiger partial charge is 0.495 e. The molecule has 31 heavy (non-hydrogen) atoms. The van der Waals surface area contributed by atoms with E-state index in [2.05, 4.69) is 4.90 Å². The Labute approximate surface area is 179 Å². The van der Waals surface area contributed by atoms with Crippen LogP contribution >= 0.6 is 0 Å². The maximum absolute atomic E-state index is 12.3. The van der Waals surface area contributed by atoms with E-state index in [0.717, 1.165) is 16.8 Å². The maximum Gasteiger partial charge on any atom is 0.335 e. The number of fused-ring (bicyclic) bond motifs is 1. The molecule has 0 unspecified atom stereocenters. The first kappa shape index (κ1) is 20.7. The highest BCUT2D eigenvalue weighted by molar-refractivity contribution is 5.96. The third kappa shape index (κ3) is 3.82. The average Bonchev–Trinajstić information content (AvgIpc) is 3.09. The van der Waals surface area contributed by atoms with E-state index in [1.165, 1.54) is 6.07 Å². The molecule has 162 valence electrons. The van der Waals surface area contributed by atoms with Crippen molar-refractivity contribution in [2.45, 2.75) is 6.04 Å². The summed E-state index contributed by atoms with van der Waals surface area (Å²) in [5.41, 5.74) is 2.56. The molecular weight excluding hydrogens is 398 g/mol. The van der Waals surface area contributed by atoms with Gasteiger partial charge in [0.25, 0.3) is 0 Å². The molecule has 0 spiro atoms. The monoisotopic (exact) mass is 423 g/mol. The molecular formula is C23H25N3O5. The van der Waals surface area contributed by atoms with E-state index in [-0.39, 0.29) is 5.56 Å². The van der Waals surface area contributed by atoms with Crippen molar-refractivity contribution in [3.05, 3.63) is 59.8 Å². The van der Waals surface area contributed by atoms with Crippen molar-refractivity contribution >= 4 is 28.5 Å². The van der Waals surface area contributed by atoms with Gasteiger partial charge >= 0.3 is 11.9 Å². The van der Waals surface area contributed by atoms with E-state index >= 15 is 0 Å². The Morgan fingerprint density at radius 1 is 1.03 bits per heavy atom. The number of hydrogen-bond donors (Lipinski definition) is 2. The van der Waals surface area contributed by atoms with Gasteiger partial charge in [0, 0.05) is 55.9 Å². The van der Waals surface area contributed by atoms with Gasteiger partial charge in [0.2, 0.25) is 0 Å². The maximum atomic E-state index is 12.3. The summed E-state index contributed by atoms with van der Waals surface area (Å²) in [5, 5.41) is 20.1. The van der Waals surface area contributed by atoms with Crippen LogP contribution in [-0.4, -0.2) is 64.9 Å². The molecule has 1 saturated heterocycles. The molecule has 0 bridgehead atoms. The van der Waals surface area contributed by atoms with Gasteiger partial charge < -0.3 is 24.4 Å². The van der Waals surface area contributed by atoms with E-state index in [9.17, 15) is 19.8 Å². The number of aryl methyl sites for hydroxylation is 1. The predicted molar refractivity (Wildman–Crippen MR) is 117 cm³/mol. The number of carboxylic acids is 2. The smallest absolute Gasteiger partial charge is 0.335 e. The highest BCUT2D eigenvalue weighted by Gasteiger charge is 2.33. The van der Waals surface area contributed by atoms with E-state index in [1.54, 1.807) is 37.1 Å². The third-order valence-corrected chi connectivity index (χ3v) is 5.90. The Balaban J connectivity index is 1.61. The number of aromatic carboxylic acids is 1. The number of piperazine rings is 1. The summed E-state index contributed by atoms with van der Waals surface area (Å²) in [6.07, 6.45) is 1.79. The molecule has 1 fully saturated rings. The van der Waals surface area contributed by atoms with Crippen molar-refractivity contribution in [1.82, 2.24) is 9.47 Å². The number of ether oxygens (including phenoxy) is 1. The van der Waals surface area contributed by atoms with Crippen molar-refractivity contribution in [2.75, 3.05) is 38.2 Å². The number of aromatic nitrogens is 1. The lowest BCUT2D eigenvalue weighted by Crippen LogP contribution is -2.49. The fourth-order valence-corrected chi connectivity index (χ4v) is 4.36. The van der Waals surface area contributed by atoms with Crippen molar-refractivity contribution in [3.8, 4) is 5.75 Å². The molecule has 0 amide bonds. The number of benzene rings is 2. The lowest BCUT2D eigenvalue weighted by Gasteiger charge is -2.39. The quantitative estimate of drug-likeness (QED) is 0.629. The minimum atomic E-state index is -1.01. The van der Waals surface area contributed by atoms with Gasteiger partial charge in [-0.05, 0) is 24.3 Å². The predicted octanol–water partition coefficient (Wildman–Crippen LogP) is 2.83. The number of aliphatic carboxylic acids is 1. The van der Waals surface area contributed by atoms with Gasteiger partial charge in [-0.25, -0.2) is 4.79 Å². The second-order valence-corrected chi connectivity index (χ2v) is 7.67.